The zero-order valence-electron chi connectivity index (χ0n) is 13.9. The Labute approximate surface area is 135 Å². The van der Waals surface area contributed by atoms with Crippen molar-refractivity contribution in [3.8, 4) is 5.75 Å². The second-order valence-corrected chi connectivity index (χ2v) is 6.59. The lowest BCUT2D eigenvalue weighted by Crippen LogP contribution is -2.48. The molecule has 2 aromatic rings. The number of Topliss-reactive ketones (excluding diaryl/α,β-unsaturated/α-hetero) is 1. The van der Waals surface area contributed by atoms with Crippen molar-refractivity contribution >= 4 is 5.78 Å². The quantitative estimate of drug-likeness (QED) is 0.912. The molecule has 1 aliphatic carbocycles. The van der Waals surface area contributed by atoms with E-state index in [4.69, 9.17) is 4.74 Å². The third-order valence-corrected chi connectivity index (χ3v) is 4.80. The van der Waals surface area contributed by atoms with Crippen LogP contribution in [0.2, 0.25) is 0 Å². The number of hydrogen-bond donors (Lipinski definition) is 2. The van der Waals surface area contributed by atoms with Gasteiger partial charge in [-0.15, -0.1) is 0 Å². The molecule has 1 aromatic carbocycles. The molecule has 2 unspecified atom stereocenters. The first-order valence-electron chi connectivity index (χ1n) is 7.75. The molecule has 0 radical (unpaired) electrons. The first kappa shape index (κ1) is 15.7. The number of fused-ring (bicyclic) bond motifs is 1. The summed E-state index contributed by atoms with van der Waals surface area (Å²) in [5.41, 5.74) is 2.61. The summed E-state index contributed by atoms with van der Waals surface area (Å²) in [4.78, 5) is 12.4. The lowest BCUT2D eigenvalue weighted by molar-refractivity contribution is -0.130. The van der Waals surface area contributed by atoms with E-state index in [9.17, 15) is 9.90 Å². The Balaban J connectivity index is 2.23. The number of aromatic nitrogens is 2. The highest BCUT2D eigenvalue weighted by Crippen LogP contribution is 2.47. The average Bonchev–Trinajstić information content (AvgIpc) is 2.85. The number of nitrogens with zero attached hydrogens (tertiary/aromatic N) is 1. The number of aryl methyl sites for hydroxylation is 1. The molecule has 0 fully saturated rings. The van der Waals surface area contributed by atoms with Gasteiger partial charge in [0.2, 0.25) is 0 Å². The fourth-order valence-electron chi connectivity index (χ4n) is 3.88. The number of ketones is 1. The molecule has 0 saturated carbocycles. The van der Waals surface area contributed by atoms with E-state index in [-0.39, 0.29) is 11.7 Å². The van der Waals surface area contributed by atoms with E-state index < -0.39 is 11.5 Å². The number of aliphatic hydroxyl groups is 1. The van der Waals surface area contributed by atoms with Crippen LogP contribution >= 0.6 is 0 Å². The fraction of sp³-hybridized carbons (Fsp3) is 0.444. The highest BCUT2D eigenvalue weighted by Gasteiger charge is 2.48. The Hall–Kier alpha value is -2.14. The summed E-state index contributed by atoms with van der Waals surface area (Å²) >= 11 is 0. The zero-order valence-corrected chi connectivity index (χ0v) is 13.9. The number of carbonyl (C=O) groups excluding carboxylic acids is 1. The minimum atomic E-state index is -1.13. The number of benzene rings is 1. The van der Waals surface area contributed by atoms with Crippen LogP contribution in [0.15, 0.2) is 24.3 Å². The van der Waals surface area contributed by atoms with Crippen molar-refractivity contribution in [2.24, 2.45) is 5.92 Å². The van der Waals surface area contributed by atoms with Crippen molar-refractivity contribution in [3.05, 3.63) is 46.8 Å². The van der Waals surface area contributed by atoms with Gasteiger partial charge in [-0.2, -0.15) is 5.10 Å². The third kappa shape index (κ3) is 2.55. The summed E-state index contributed by atoms with van der Waals surface area (Å²) in [6.07, 6.45) is 0.372. The van der Waals surface area contributed by atoms with Gasteiger partial charge in [0.25, 0.3) is 0 Å². The maximum atomic E-state index is 12.4. The van der Waals surface area contributed by atoms with Gasteiger partial charge in [-0.05, 0) is 38.5 Å². The molecule has 1 aromatic heterocycles. The summed E-state index contributed by atoms with van der Waals surface area (Å²) in [6.45, 7) is 5.22. The number of carbonyl (C=O) groups is 1. The minimum absolute atomic E-state index is 0.0194. The Morgan fingerprint density at radius 2 is 2.22 bits per heavy atom. The lowest BCUT2D eigenvalue weighted by atomic mass is 9.64. The normalized spacial score (nSPS) is 26.7. The first-order chi connectivity index (χ1) is 10.8. The molecule has 2 N–H and O–H groups in total. The Morgan fingerprint density at radius 1 is 1.48 bits per heavy atom. The standard InChI is InChI=1S/C18H22N2O3/c1-10-15-14(20-19-10)9-18(3,22)17(11(2)21)16(15)12-6-5-7-13(8-12)23-4/h5-8,16-17,22H,9H2,1-4H3,(H,19,20)/t16?,17?,18-/m0/s1. The van der Waals surface area contributed by atoms with Gasteiger partial charge < -0.3 is 9.84 Å². The van der Waals surface area contributed by atoms with Crippen molar-refractivity contribution in [3.63, 3.8) is 0 Å². The van der Waals surface area contributed by atoms with Gasteiger partial charge >= 0.3 is 0 Å². The Kier molecular flexibility index (Phi) is 3.76. The largest absolute Gasteiger partial charge is 0.497 e. The number of ether oxygens (including phenoxy) is 1. The molecular weight excluding hydrogens is 292 g/mol. The molecule has 5 heteroatoms. The molecule has 0 bridgehead atoms. The van der Waals surface area contributed by atoms with Gasteiger partial charge in [-0.3, -0.25) is 9.89 Å². The number of methoxy groups -OCH3 is 1. The van der Waals surface area contributed by atoms with E-state index in [0.29, 0.717) is 6.42 Å². The van der Waals surface area contributed by atoms with Gasteiger partial charge in [-0.25, -0.2) is 0 Å². The number of H-pyrrole nitrogens is 1. The molecule has 0 spiro atoms. The number of rotatable bonds is 3. The van der Waals surface area contributed by atoms with E-state index in [0.717, 1.165) is 28.3 Å². The van der Waals surface area contributed by atoms with Crippen molar-refractivity contribution in [1.82, 2.24) is 10.2 Å². The molecule has 122 valence electrons. The molecule has 1 heterocycles. The predicted molar refractivity (Wildman–Crippen MR) is 86.7 cm³/mol. The second-order valence-electron chi connectivity index (χ2n) is 6.59. The van der Waals surface area contributed by atoms with Gasteiger partial charge in [-0.1, -0.05) is 12.1 Å². The van der Waals surface area contributed by atoms with E-state index in [1.807, 2.05) is 31.2 Å². The molecule has 3 rings (SSSR count). The molecule has 3 atom stereocenters. The van der Waals surface area contributed by atoms with Crippen LogP contribution in [0.1, 0.15) is 42.3 Å². The lowest BCUT2D eigenvalue weighted by Gasteiger charge is -2.41. The molecule has 5 nitrogen and oxygen atoms in total. The first-order valence-corrected chi connectivity index (χ1v) is 7.75. The van der Waals surface area contributed by atoms with E-state index in [2.05, 4.69) is 10.2 Å². The van der Waals surface area contributed by atoms with Gasteiger partial charge in [0.05, 0.1) is 24.3 Å². The SMILES string of the molecule is COc1cccc(C2c3c(n[nH]c3C)C[C@](C)(O)C2C(C)=O)c1. The number of nitrogens with one attached hydrogen (secondary N) is 1. The van der Waals surface area contributed by atoms with Crippen LogP contribution in [0, 0.1) is 12.8 Å². The van der Waals surface area contributed by atoms with Crippen LogP contribution < -0.4 is 4.74 Å². The van der Waals surface area contributed by atoms with Crippen LogP contribution in [0.25, 0.3) is 0 Å². The fourth-order valence-corrected chi connectivity index (χ4v) is 3.88. The molecule has 0 saturated heterocycles. The minimum Gasteiger partial charge on any atom is -0.497 e. The third-order valence-electron chi connectivity index (χ3n) is 4.80. The van der Waals surface area contributed by atoms with Crippen molar-refractivity contribution in [1.29, 1.82) is 0 Å². The van der Waals surface area contributed by atoms with Crippen molar-refractivity contribution in [2.75, 3.05) is 7.11 Å². The van der Waals surface area contributed by atoms with Gasteiger partial charge in [0.1, 0.15) is 11.5 Å². The van der Waals surface area contributed by atoms with Crippen LogP contribution in [0.4, 0.5) is 0 Å². The summed E-state index contributed by atoms with van der Waals surface area (Å²) in [6, 6.07) is 7.68. The van der Waals surface area contributed by atoms with Crippen molar-refractivity contribution < 1.29 is 14.6 Å². The van der Waals surface area contributed by atoms with Gasteiger partial charge in [0, 0.05) is 23.6 Å². The summed E-state index contributed by atoms with van der Waals surface area (Å²) in [7, 11) is 1.62. The van der Waals surface area contributed by atoms with Crippen LogP contribution in [-0.4, -0.2) is 33.8 Å². The maximum Gasteiger partial charge on any atom is 0.136 e. The number of hydrogen-bond acceptors (Lipinski definition) is 4. The summed E-state index contributed by atoms with van der Waals surface area (Å²) < 4.78 is 5.32. The molecule has 0 amide bonds. The van der Waals surface area contributed by atoms with E-state index >= 15 is 0 Å². The van der Waals surface area contributed by atoms with Crippen LogP contribution in [0.5, 0.6) is 5.75 Å². The summed E-state index contributed by atoms with van der Waals surface area (Å²) in [5.74, 6) is -0.0368. The smallest absolute Gasteiger partial charge is 0.136 e. The predicted octanol–water partition coefficient (Wildman–Crippen LogP) is 2.37. The van der Waals surface area contributed by atoms with E-state index in [1.54, 1.807) is 21.0 Å². The van der Waals surface area contributed by atoms with Crippen molar-refractivity contribution in [2.45, 2.75) is 38.7 Å². The topological polar surface area (TPSA) is 75.2 Å². The van der Waals surface area contributed by atoms with Crippen LogP contribution in [0.3, 0.4) is 0 Å². The second kappa shape index (κ2) is 5.49. The van der Waals surface area contributed by atoms with E-state index in [1.165, 1.54) is 0 Å². The summed E-state index contributed by atoms with van der Waals surface area (Å²) in [5, 5.41) is 18.3. The van der Waals surface area contributed by atoms with Crippen LogP contribution in [-0.2, 0) is 11.2 Å². The average molecular weight is 314 g/mol. The molecule has 0 aliphatic heterocycles. The highest BCUT2D eigenvalue weighted by atomic mass is 16.5. The molecule has 1 aliphatic rings. The Morgan fingerprint density at radius 3 is 2.87 bits per heavy atom. The molecular formula is C18H22N2O3. The monoisotopic (exact) mass is 314 g/mol. The number of aromatic amines is 1. The Bertz CT molecular complexity index is 748. The molecule has 23 heavy (non-hydrogen) atoms. The van der Waals surface area contributed by atoms with Gasteiger partial charge in [0.15, 0.2) is 0 Å². The highest BCUT2D eigenvalue weighted by molar-refractivity contribution is 5.82. The maximum absolute atomic E-state index is 12.4. The zero-order chi connectivity index (χ0) is 16.8.